The summed E-state index contributed by atoms with van der Waals surface area (Å²) < 4.78 is 39.5. The van der Waals surface area contributed by atoms with Gasteiger partial charge in [-0.25, -0.2) is 13.2 Å². The molecule has 2 aromatic carbocycles. The van der Waals surface area contributed by atoms with Gasteiger partial charge in [0.05, 0.1) is 16.8 Å². The molecule has 0 radical (unpaired) electrons. The van der Waals surface area contributed by atoms with E-state index in [1.807, 2.05) is 5.32 Å². The van der Waals surface area contributed by atoms with E-state index in [9.17, 15) is 27.6 Å². The summed E-state index contributed by atoms with van der Waals surface area (Å²) in [5, 5.41) is 2.01. The first-order valence-electron chi connectivity index (χ1n) is 6.78. The molecular weight excluding hydrogens is 325 g/mol. The average Bonchev–Trinajstić information content (AvgIpc) is 2.81. The second kappa shape index (κ2) is 5.80. The van der Waals surface area contributed by atoms with Crippen LogP contribution in [-0.4, -0.2) is 29.2 Å². The molecule has 24 heavy (non-hydrogen) atoms. The molecule has 122 valence electrons. The molecule has 3 rings (SSSR count). The van der Waals surface area contributed by atoms with Crippen LogP contribution in [0.1, 0.15) is 20.7 Å². The van der Waals surface area contributed by atoms with Crippen molar-refractivity contribution in [3.05, 3.63) is 65.0 Å². The maximum absolute atomic E-state index is 13.5. The minimum Gasteiger partial charge on any atom is -0.322 e. The van der Waals surface area contributed by atoms with E-state index in [2.05, 4.69) is 0 Å². The fourth-order valence-corrected chi connectivity index (χ4v) is 2.34. The van der Waals surface area contributed by atoms with Crippen molar-refractivity contribution in [3.8, 4) is 0 Å². The maximum Gasteiger partial charge on any atom is 0.262 e. The number of benzene rings is 2. The molecule has 0 spiro atoms. The molecule has 3 amide bonds. The second-order valence-electron chi connectivity index (χ2n) is 5.01. The van der Waals surface area contributed by atoms with Gasteiger partial charge < -0.3 is 5.32 Å². The zero-order valence-corrected chi connectivity index (χ0v) is 12.0. The molecule has 5 nitrogen and oxygen atoms in total. The van der Waals surface area contributed by atoms with Gasteiger partial charge in [-0.3, -0.25) is 19.3 Å². The highest BCUT2D eigenvalue weighted by Crippen LogP contribution is 2.23. The van der Waals surface area contributed by atoms with Gasteiger partial charge in [0.15, 0.2) is 17.5 Å². The van der Waals surface area contributed by atoms with E-state index >= 15 is 0 Å². The van der Waals surface area contributed by atoms with Crippen molar-refractivity contribution >= 4 is 23.4 Å². The Bertz CT molecular complexity index is 848. The second-order valence-corrected chi connectivity index (χ2v) is 5.01. The minimum atomic E-state index is -1.73. The number of rotatable bonds is 3. The van der Waals surface area contributed by atoms with Crippen LogP contribution in [0.25, 0.3) is 0 Å². The molecule has 0 bridgehead atoms. The third kappa shape index (κ3) is 2.51. The monoisotopic (exact) mass is 334 g/mol. The Morgan fingerprint density at radius 3 is 2.08 bits per heavy atom. The predicted octanol–water partition coefficient (Wildman–Crippen LogP) is 2.34. The lowest BCUT2D eigenvalue weighted by Gasteiger charge is -2.14. The van der Waals surface area contributed by atoms with E-state index in [0.29, 0.717) is 11.0 Å². The van der Waals surface area contributed by atoms with E-state index in [4.69, 9.17) is 0 Å². The third-order valence-electron chi connectivity index (χ3n) is 3.49. The van der Waals surface area contributed by atoms with Crippen LogP contribution < -0.4 is 5.32 Å². The molecule has 1 aliphatic rings. The van der Waals surface area contributed by atoms with Gasteiger partial charge in [-0.05, 0) is 24.3 Å². The van der Waals surface area contributed by atoms with Crippen molar-refractivity contribution in [1.82, 2.24) is 4.90 Å². The lowest BCUT2D eigenvalue weighted by Crippen LogP contribution is -2.37. The number of hydrogen-bond acceptors (Lipinski definition) is 3. The Morgan fingerprint density at radius 2 is 1.50 bits per heavy atom. The number of nitrogens with zero attached hydrogens (tertiary/aromatic N) is 1. The van der Waals surface area contributed by atoms with Gasteiger partial charge in [-0.2, -0.15) is 0 Å². The molecule has 0 fully saturated rings. The van der Waals surface area contributed by atoms with Crippen molar-refractivity contribution in [2.75, 3.05) is 11.9 Å². The summed E-state index contributed by atoms with van der Waals surface area (Å²) in [4.78, 5) is 36.8. The molecular formula is C16H9F3N2O3. The number of anilines is 1. The van der Waals surface area contributed by atoms with E-state index in [-0.39, 0.29) is 11.1 Å². The number of imide groups is 1. The van der Waals surface area contributed by atoms with Crippen molar-refractivity contribution in [2.45, 2.75) is 0 Å². The molecule has 8 heteroatoms. The molecule has 0 atom stereocenters. The number of carbonyl (C=O) groups excluding carboxylic acids is 3. The largest absolute Gasteiger partial charge is 0.322 e. The Hall–Kier alpha value is -3.16. The van der Waals surface area contributed by atoms with Crippen molar-refractivity contribution in [1.29, 1.82) is 0 Å². The fraction of sp³-hybridized carbons (Fsp3) is 0.0625. The first-order valence-corrected chi connectivity index (χ1v) is 6.78. The Balaban J connectivity index is 1.76. The zero-order valence-electron chi connectivity index (χ0n) is 12.0. The average molecular weight is 334 g/mol. The zero-order chi connectivity index (χ0) is 17.4. The van der Waals surface area contributed by atoms with Crippen LogP contribution in [0.15, 0.2) is 36.4 Å². The maximum atomic E-state index is 13.5. The SMILES string of the molecule is O=C(CN1C(=O)c2ccccc2C1=O)Nc1ccc(F)c(F)c1F. The lowest BCUT2D eigenvalue weighted by molar-refractivity contribution is -0.116. The topological polar surface area (TPSA) is 66.5 Å². The predicted molar refractivity (Wildman–Crippen MR) is 76.8 cm³/mol. The highest BCUT2D eigenvalue weighted by Gasteiger charge is 2.36. The molecule has 0 unspecified atom stereocenters. The van der Waals surface area contributed by atoms with Crippen molar-refractivity contribution < 1.29 is 27.6 Å². The first-order chi connectivity index (χ1) is 11.4. The summed E-state index contributed by atoms with van der Waals surface area (Å²) in [7, 11) is 0. The molecule has 0 aliphatic carbocycles. The standard InChI is InChI=1S/C16H9F3N2O3/c17-10-5-6-11(14(19)13(10)18)20-12(22)7-21-15(23)8-3-1-2-4-9(8)16(21)24/h1-6H,7H2,(H,20,22). The van der Waals surface area contributed by atoms with Crippen molar-refractivity contribution in [3.63, 3.8) is 0 Å². The number of halogens is 3. The summed E-state index contributed by atoms with van der Waals surface area (Å²) in [5.74, 6) is -6.92. The summed E-state index contributed by atoms with van der Waals surface area (Å²) in [6, 6.07) is 7.53. The van der Waals surface area contributed by atoms with E-state index in [0.717, 1.165) is 6.07 Å². The smallest absolute Gasteiger partial charge is 0.262 e. The van der Waals surface area contributed by atoms with Crippen LogP contribution in [-0.2, 0) is 4.79 Å². The summed E-state index contributed by atoms with van der Waals surface area (Å²) in [5.41, 5.74) is -0.265. The molecule has 1 N–H and O–H groups in total. The Labute approximate surface area is 133 Å². The van der Waals surface area contributed by atoms with Gasteiger partial charge in [0.25, 0.3) is 11.8 Å². The normalized spacial score (nSPS) is 13.2. The van der Waals surface area contributed by atoms with Crippen LogP contribution >= 0.6 is 0 Å². The highest BCUT2D eigenvalue weighted by molar-refractivity contribution is 6.22. The molecule has 0 saturated carbocycles. The quantitative estimate of drug-likeness (QED) is 0.692. The number of carbonyl (C=O) groups is 3. The van der Waals surface area contributed by atoms with Crippen molar-refractivity contribution in [2.24, 2.45) is 0 Å². The number of hydrogen-bond donors (Lipinski definition) is 1. The van der Waals surface area contributed by atoms with Gasteiger partial charge in [0.1, 0.15) is 6.54 Å². The van der Waals surface area contributed by atoms with Gasteiger partial charge in [0, 0.05) is 0 Å². The van der Waals surface area contributed by atoms with Crippen LogP contribution in [0, 0.1) is 17.5 Å². The molecule has 2 aromatic rings. The van der Waals surface area contributed by atoms with Crippen LogP contribution in [0.5, 0.6) is 0 Å². The lowest BCUT2D eigenvalue weighted by atomic mass is 10.1. The van der Waals surface area contributed by atoms with Gasteiger partial charge in [-0.1, -0.05) is 12.1 Å². The Kier molecular flexibility index (Phi) is 3.80. The summed E-state index contributed by atoms with van der Waals surface area (Å²) in [6.07, 6.45) is 0. The first kappa shape index (κ1) is 15.7. The fourth-order valence-electron chi connectivity index (χ4n) is 2.34. The number of fused-ring (bicyclic) bond motifs is 1. The van der Waals surface area contributed by atoms with E-state index < -0.39 is 47.4 Å². The summed E-state index contributed by atoms with van der Waals surface area (Å²) >= 11 is 0. The van der Waals surface area contributed by atoms with Gasteiger partial charge >= 0.3 is 0 Å². The molecule has 1 heterocycles. The Morgan fingerprint density at radius 1 is 0.917 bits per heavy atom. The molecule has 0 saturated heterocycles. The van der Waals surface area contributed by atoms with E-state index in [1.54, 1.807) is 12.1 Å². The van der Waals surface area contributed by atoms with Gasteiger partial charge in [0.2, 0.25) is 5.91 Å². The number of nitrogens with one attached hydrogen (secondary N) is 1. The third-order valence-corrected chi connectivity index (χ3v) is 3.49. The number of amides is 3. The highest BCUT2D eigenvalue weighted by atomic mass is 19.2. The molecule has 0 aromatic heterocycles. The summed E-state index contributed by atoms with van der Waals surface area (Å²) in [6.45, 7) is -0.676. The van der Waals surface area contributed by atoms with Crippen LogP contribution in [0.4, 0.5) is 18.9 Å². The van der Waals surface area contributed by atoms with Crippen LogP contribution in [0.2, 0.25) is 0 Å². The van der Waals surface area contributed by atoms with Crippen LogP contribution in [0.3, 0.4) is 0 Å². The molecule has 1 aliphatic heterocycles. The van der Waals surface area contributed by atoms with E-state index in [1.165, 1.54) is 12.1 Å². The minimum absolute atomic E-state index is 0.161. The van der Waals surface area contributed by atoms with Gasteiger partial charge in [-0.15, -0.1) is 0 Å².